The zero-order chi connectivity index (χ0) is 36.7. The van der Waals surface area contributed by atoms with Crippen LogP contribution in [0.2, 0.25) is 0 Å². The first-order chi connectivity index (χ1) is 27.8. The van der Waals surface area contributed by atoms with Crippen molar-refractivity contribution in [3.63, 3.8) is 0 Å². The van der Waals surface area contributed by atoms with E-state index in [-0.39, 0.29) is 0 Å². The van der Waals surface area contributed by atoms with Crippen LogP contribution in [0.3, 0.4) is 0 Å². The maximum absolute atomic E-state index is 5.46. The van der Waals surface area contributed by atoms with Crippen molar-refractivity contribution in [2.75, 3.05) is 0 Å². The van der Waals surface area contributed by atoms with Gasteiger partial charge in [0.15, 0.2) is 5.82 Å². The molecule has 0 saturated carbocycles. The Morgan fingerprint density at radius 2 is 0.804 bits per heavy atom. The van der Waals surface area contributed by atoms with E-state index in [1.165, 1.54) is 93.3 Å². The van der Waals surface area contributed by atoms with Crippen molar-refractivity contribution in [2.45, 2.75) is 0 Å². The molecule has 1 aliphatic rings. The summed E-state index contributed by atoms with van der Waals surface area (Å²) in [5.74, 6) is 0.736. The van der Waals surface area contributed by atoms with Crippen molar-refractivity contribution in [1.82, 2.24) is 9.97 Å². The van der Waals surface area contributed by atoms with Gasteiger partial charge in [0.25, 0.3) is 0 Å². The molecule has 1 aliphatic carbocycles. The van der Waals surface area contributed by atoms with Crippen molar-refractivity contribution >= 4 is 43.1 Å². The number of benzene rings is 10. The van der Waals surface area contributed by atoms with Crippen LogP contribution in [0.25, 0.3) is 121 Å². The number of aromatic nitrogens is 2. The molecule has 0 amide bonds. The van der Waals surface area contributed by atoms with Gasteiger partial charge in [-0.25, -0.2) is 9.97 Å². The predicted octanol–water partition coefficient (Wildman–Crippen LogP) is 14.5. The van der Waals surface area contributed by atoms with Gasteiger partial charge in [0.2, 0.25) is 0 Å². The second kappa shape index (κ2) is 12.0. The fourth-order valence-corrected chi connectivity index (χ4v) is 9.39. The van der Waals surface area contributed by atoms with Crippen LogP contribution in [-0.2, 0) is 0 Å². The van der Waals surface area contributed by atoms with Gasteiger partial charge < -0.3 is 0 Å². The van der Waals surface area contributed by atoms with Crippen LogP contribution in [-0.4, -0.2) is 9.97 Å². The van der Waals surface area contributed by atoms with Gasteiger partial charge in [0, 0.05) is 22.9 Å². The summed E-state index contributed by atoms with van der Waals surface area (Å²) in [6.45, 7) is 0. The molecule has 0 atom stereocenters. The van der Waals surface area contributed by atoms with Gasteiger partial charge in [-0.2, -0.15) is 0 Å². The highest BCUT2D eigenvalue weighted by Gasteiger charge is 2.26. The molecule has 0 fully saturated rings. The van der Waals surface area contributed by atoms with Crippen LogP contribution in [0.1, 0.15) is 0 Å². The van der Waals surface area contributed by atoms with Crippen molar-refractivity contribution in [1.29, 1.82) is 0 Å². The van der Waals surface area contributed by atoms with Gasteiger partial charge in [-0.1, -0.05) is 182 Å². The van der Waals surface area contributed by atoms with Gasteiger partial charge in [-0.3, -0.25) is 0 Å². The number of fused-ring (bicyclic) bond motifs is 3. The molecule has 0 spiro atoms. The van der Waals surface area contributed by atoms with E-state index in [9.17, 15) is 0 Å². The summed E-state index contributed by atoms with van der Waals surface area (Å²) in [4.78, 5) is 10.6. The Hall–Kier alpha value is -7.42. The molecule has 1 heterocycles. The van der Waals surface area contributed by atoms with Crippen LogP contribution in [0.4, 0.5) is 0 Å². The molecule has 10 aromatic carbocycles. The molecule has 2 nitrogen and oxygen atoms in total. The standard InChI is InChI=1S/C54H32N2/c1-3-13-33(14-4-1)37-19-7-9-21-39(37)41-27-25-36-26-28-44-47(40-22-10-8-20-38(40)34-15-5-2-6-16-34)31-48(45-30-29-43(41)51(36)52(44)45)54-55-32-49-42-23-11-17-35-18-12-24-46(50(35)42)53(49)56-54/h1-32H. The third-order valence-corrected chi connectivity index (χ3v) is 11.9. The number of nitrogens with zero attached hydrogens (tertiary/aromatic N) is 2. The lowest BCUT2D eigenvalue weighted by Crippen LogP contribution is -1.97. The molecule has 1 aromatic heterocycles. The topological polar surface area (TPSA) is 25.8 Å². The molecule has 56 heavy (non-hydrogen) atoms. The smallest absolute Gasteiger partial charge is 0.160 e. The van der Waals surface area contributed by atoms with E-state index < -0.39 is 0 Å². The van der Waals surface area contributed by atoms with Crippen molar-refractivity contribution in [3.05, 3.63) is 194 Å². The normalized spacial score (nSPS) is 11.9. The van der Waals surface area contributed by atoms with E-state index in [1.807, 2.05) is 6.20 Å². The zero-order valence-corrected chi connectivity index (χ0v) is 30.4. The van der Waals surface area contributed by atoms with E-state index in [1.54, 1.807) is 0 Å². The van der Waals surface area contributed by atoms with E-state index in [0.717, 1.165) is 28.0 Å². The molecular weight excluding hydrogens is 677 g/mol. The minimum Gasteiger partial charge on any atom is -0.236 e. The van der Waals surface area contributed by atoms with Crippen molar-refractivity contribution in [3.8, 4) is 78.3 Å². The fraction of sp³-hybridized carbons (Fsp3) is 0. The van der Waals surface area contributed by atoms with Crippen molar-refractivity contribution in [2.24, 2.45) is 0 Å². The van der Waals surface area contributed by atoms with E-state index in [4.69, 9.17) is 9.97 Å². The Morgan fingerprint density at radius 1 is 0.286 bits per heavy atom. The molecular formula is C54H32N2. The van der Waals surface area contributed by atoms with Crippen LogP contribution in [0.15, 0.2) is 194 Å². The summed E-state index contributed by atoms with van der Waals surface area (Å²) in [7, 11) is 0. The summed E-state index contributed by atoms with van der Waals surface area (Å²) in [5, 5.41) is 9.82. The Morgan fingerprint density at radius 3 is 1.50 bits per heavy atom. The molecule has 258 valence electrons. The molecule has 12 rings (SSSR count). The first-order valence-electron chi connectivity index (χ1n) is 19.2. The molecule has 0 saturated heterocycles. The fourth-order valence-electron chi connectivity index (χ4n) is 9.39. The highest BCUT2D eigenvalue weighted by molar-refractivity contribution is 6.30. The average molecular weight is 709 g/mol. The third-order valence-electron chi connectivity index (χ3n) is 11.9. The Balaban J connectivity index is 1.17. The van der Waals surface area contributed by atoms with Crippen LogP contribution < -0.4 is 0 Å². The van der Waals surface area contributed by atoms with Crippen LogP contribution in [0.5, 0.6) is 0 Å². The second-order valence-electron chi connectivity index (χ2n) is 14.8. The predicted molar refractivity (Wildman–Crippen MR) is 235 cm³/mol. The van der Waals surface area contributed by atoms with Gasteiger partial charge >= 0.3 is 0 Å². The molecule has 0 radical (unpaired) electrons. The van der Waals surface area contributed by atoms with E-state index >= 15 is 0 Å². The highest BCUT2D eigenvalue weighted by Crippen LogP contribution is 2.50. The summed E-state index contributed by atoms with van der Waals surface area (Å²) in [6.07, 6.45) is 2.04. The van der Waals surface area contributed by atoms with Gasteiger partial charge in [0.1, 0.15) is 0 Å². The zero-order valence-electron chi connectivity index (χ0n) is 30.4. The maximum Gasteiger partial charge on any atom is 0.160 e. The number of hydrogen-bond acceptors (Lipinski definition) is 2. The van der Waals surface area contributed by atoms with E-state index in [2.05, 4.69) is 188 Å². The van der Waals surface area contributed by atoms with Gasteiger partial charge in [-0.15, -0.1) is 0 Å². The summed E-state index contributed by atoms with van der Waals surface area (Å²) in [5.41, 5.74) is 15.1. The molecule has 0 bridgehead atoms. The third kappa shape index (κ3) is 4.50. The van der Waals surface area contributed by atoms with Gasteiger partial charge in [0.05, 0.1) is 5.69 Å². The Bertz CT molecular complexity index is 3340. The monoisotopic (exact) mass is 708 g/mol. The quantitative estimate of drug-likeness (QED) is 0.166. The van der Waals surface area contributed by atoms with Gasteiger partial charge in [-0.05, 0) is 99.2 Å². The Kier molecular flexibility index (Phi) is 6.66. The Labute approximate surface area is 324 Å². The summed E-state index contributed by atoms with van der Waals surface area (Å²) in [6, 6.07) is 68.3. The minimum atomic E-state index is 0.736. The molecule has 11 aromatic rings. The van der Waals surface area contributed by atoms with Crippen molar-refractivity contribution < 1.29 is 0 Å². The lowest BCUT2D eigenvalue weighted by atomic mass is 9.83. The number of rotatable bonds is 5. The maximum atomic E-state index is 5.46. The SMILES string of the molecule is c1ccc(-c2ccccc2-c2ccc3ccc4c(-c5ccccc5-c5ccccc5)cc(-c5ncc6c(n5)-c5cccc7cccc-6c57)c5ccc2c3c54)cc1. The minimum absolute atomic E-state index is 0.736. The first kappa shape index (κ1) is 31.0. The lowest BCUT2D eigenvalue weighted by Gasteiger charge is -2.21. The van der Waals surface area contributed by atoms with E-state index in [0.29, 0.717) is 0 Å². The summed E-state index contributed by atoms with van der Waals surface area (Å²) >= 11 is 0. The largest absolute Gasteiger partial charge is 0.236 e. The molecule has 0 aliphatic heterocycles. The van der Waals surface area contributed by atoms with Crippen LogP contribution in [0, 0.1) is 0 Å². The summed E-state index contributed by atoms with van der Waals surface area (Å²) < 4.78 is 0. The first-order valence-corrected chi connectivity index (χ1v) is 19.2. The molecule has 0 unspecified atom stereocenters. The second-order valence-corrected chi connectivity index (χ2v) is 14.8. The number of hydrogen-bond donors (Lipinski definition) is 0. The highest BCUT2D eigenvalue weighted by atomic mass is 14.9. The van der Waals surface area contributed by atoms with Crippen LogP contribution >= 0.6 is 0 Å². The average Bonchev–Trinajstić information content (AvgIpc) is 3.60. The lowest BCUT2D eigenvalue weighted by molar-refractivity contribution is 1.20. The molecule has 0 N–H and O–H groups in total. The molecule has 2 heteroatoms.